The minimum Gasteiger partial charge on any atom is -0.376 e. The van der Waals surface area contributed by atoms with Gasteiger partial charge in [0.05, 0.1) is 18.0 Å². The van der Waals surface area contributed by atoms with E-state index in [1.807, 2.05) is 0 Å². The van der Waals surface area contributed by atoms with Crippen molar-refractivity contribution >= 4 is 15.9 Å². The number of amides is 1. The maximum absolute atomic E-state index is 12.2. The molecule has 0 aromatic carbocycles. The Morgan fingerprint density at radius 3 is 2.50 bits per heavy atom. The van der Waals surface area contributed by atoms with Gasteiger partial charge in [-0.2, -0.15) is 0 Å². The summed E-state index contributed by atoms with van der Waals surface area (Å²) in [4.78, 5) is 12.0. The molecule has 1 aliphatic heterocycles. The van der Waals surface area contributed by atoms with Crippen LogP contribution in [-0.4, -0.2) is 45.0 Å². The molecule has 6 nitrogen and oxygen atoms in total. The van der Waals surface area contributed by atoms with Gasteiger partial charge >= 0.3 is 0 Å². The minimum atomic E-state index is -3.58. The molecule has 1 amide bonds. The van der Waals surface area contributed by atoms with Gasteiger partial charge in [0.25, 0.3) is 5.91 Å². The van der Waals surface area contributed by atoms with Crippen molar-refractivity contribution in [3.05, 3.63) is 0 Å². The summed E-state index contributed by atoms with van der Waals surface area (Å²) in [6.07, 6.45) is 6.46. The lowest BCUT2D eigenvalue weighted by molar-refractivity contribution is -0.133. The van der Waals surface area contributed by atoms with Gasteiger partial charge in [-0.05, 0) is 39.0 Å². The van der Waals surface area contributed by atoms with Gasteiger partial charge < -0.3 is 9.47 Å². The van der Waals surface area contributed by atoms with Crippen LogP contribution in [0.15, 0.2) is 0 Å². The third-order valence-corrected chi connectivity index (χ3v) is 6.24. The lowest BCUT2D eigenvalue weighted by Gasteiger charge is -2.25. The van der Waals surface area contributed by atoms with Crippen LogP contribution >= 0.6 is 0 Å². The number of rotatable bonds is 6. The van der Waals surface area contributed by atoms with E-state index in [9.17, 15) is 13.2 Å². The summed E-state index contributed by atoms with van der Waals surface area (Å²) in [6, 6.07) is 0. The van der Waals surface area contributed by atoms with Crippen molar-refractivity contribution in [2.24, 2.45) is 0 Å². The van der Waals surface area contributed by atoms with Crippen LogP contribution in [0.1, 0.15) is 58.3 Å². The molecule has 0 aromatic heterocycles. The Labute approximate surface area is 133 Å². The van der Waals surface area contributed by atoms with Crippen molar-refractivity contribution in [3.8, 4) is 0 Å². The van der Waals surface area contributed by atoms with Crippen molar-refractivity contribution in [1.82, 2.24) is 4.72 Å². The molecule has 1 saturated heterocycles. The molecule has 0 aromatic rings. The highest BCUT2D eigenvalue weighted by Gasteiger charge is 2.30. The molecule has 2 rings (SSSR count). The molecule has 2 atom stereocenters. The number of hydrogen-bond acceptors (Lipinski definition) is 5. The Hall–Kier alpha value is -0.660. The molecule has 1 aliphatic carbocycles. The first-order chi connectivity index (χ1) is 10.5. The minimum absolute atomic E-state index is 0.0129. The smallest absolute Gasteiger partial charge is 0.262 e. The third-order valence-electron chi connectivity index (χ3n) is 4.41. The van der Waals surface area contributed by atoms with E-state index >= 15 is 0 Å². The molecule has 0 spiro atoms. The zero-order valence-corrected chi connectivity index (χ0v) is 14.1. The van der Waals surface area contributed by atoms with Crippen LogP contribution < -0.4 is 4.72 Å². The SMILES string of the molecule is C[C@@H](OC[C@@H]1CCCCO1)C(=O)NS(=O)(=O)C1CCCCC1. The lowest BCUT2D eigenvalue weighted by atomic mass is 10.0. The summed E-state index contributed by atoms with van der Waals surface area (Å²) in [5, 5.41) is -0.445. The third kappa shape index (κ3) is 5.21. The summed E-state index contributed by atoms with van der Waals surface area (Å²) in [7, 11) is -3.58. The zero-order valence-electron chi connectivity index (χ0n) is 13.3. The van der Waals surface area contributed by atoms with E-state index in [2.05, 4.69) is 4.72 Å². The molecule has 1 N–H and O–H groups in total. The van der Waals surface area contributed by atoms with Gasteiger partial charge in [-0.15, -0.1) is 0 Å². The van der Waals surface area contributed by atoms with Gasteiger partial charge in [-0.25, -0.2) is 8.42 Å². The lowest BCUT2D eigenvalue weighted by Crippen LogP contribution is -2.44. The van der Waals surface area contributed by atoms with E-state index in [0.29, 0.717) is 19.4 Å². The van der Waals surface area contributed by atoms with E-state index in [-0.39, 0.29) is 6.10 Å². The van der Waals surface area contributed by atoms with E-state index < -0.39 is 27.3 Å². The normalized spacial score (nSPS) is 25.6. The van der Waals surface area contributed by atoms with Gasteiger partial charge in [0.2, 0.25) is 10.0 Å². The quantitative estimate of drug-likeness (QED) is 0.800. The maximum atomic E-state index is 12.2. The standard InChI is InChI=1S/C15H27NO5S/c1-12(21-11-13-7-5-6-10-20-13)15(17)16-22(18,19)14-8-3-2-4-9-14/h12-14H,2-11H2,1H3,(H,16,17)/t12-,13+/m1/s1. The topological polar surface area (TPSA) is 81.7 Å². The Kier molecular flexibility index (Phi) is 6.65. The summed E-state index contributed by atoms with van der Waals surface area (Å²) >= 11 is 0. The first kappa shape index (κ1) is 17.7. The van der Waals surface area contributed by atoms with Crippen molar-refractivity contribution in [2.75, 3.05) is 13.2 Å². The van der Waals surface area contributed by atoms with Crippen molar-refractivity contribution in [3.63, 3.8) is 0 Å². The fourth-order valence-corrected chi connectivity index (χ4v) is 4.52. The molecule has 128 valence electrons. The van der Waals surface area contributed by atoms with Gasteiger partial charge in [-0.1, -0.05) is 19.3 Å². The predicted molar refractivity (Wildman–Crippen MR) is 82.9 cm³/mol. The van der Waals surface area contributed by atoms with Gasteiger partial charge in [0, 0.05) is 6.61 Å². The van der Waals surface area contributed by atoms with Crippen LogP contribution in [-0.2, 0) is 24.3 Å². The van der Waals surface area contributed by atoms with Crippen LogP contribution in [0.4, 0.5) is 0 Å². The fourth-order valence-electron chi connectivity index (χ4n) is 2.95. The fraction of sp³-hybridized carbons (Fsp3) is 0.933. The molecule has 22 heavy (non-hydrogen) atoms. The molecular formula is C15H27NO5S. The van der Waals surface area contributed by atoms with Crippen molar-refractivity contribution in [2.45, 2.75) is 75.7 Å². The predicted octanol–water partition coefficient (Wildman–Crippen LogP) is 1.74. The van der Waals surface area contributed by atoms with Gasteiger partial charge in [0.1, 0.15) is 6.10 Å². The molecule has 1 saturated carbocycles. The molecule has 2 fully saturated rings. The summed E-state index contributed by atoms with van der Waals surface area (Å²) < 4.78 is 37.6. The monoisotopic (exact) mass is 333 g/mol. The first-order valence-corrected chi connectivity index (χ1v) is 9.82. The second-order valence-corrected chi connectivity index (χ2v) is 8.20. The molecular weight excluding hydrogens is 306 g/mol. The summed E-state index contributed by atoms with van der Waals surface area (Å²) in [5.74, 6) is -0.582. The number of ether oxygens (including phenoxy) is 2. The average molecular weight is 333 g/mol. The summed E-state index contributed by atoms with van der Waals surface area (Å²) in [5.41, 5.74) is 0. The average Bonchev–Trinajstić information content (AvgIpc) is 2.54. The Balaban J connectivity index is 1.77. The van der Waals surface area contributed by atoms with Gasteiger partial charge in [0.15, 0.2) is 0 Å². The van der Waals surface area contributed by atoms with E-state index in [1.54, 1.807) is 6.92 Å². The first-order valence-electron chi connectivity index (χ1n) is 8.28. The maximum Gasteiger partial charge on any atom is 0.262 e. The van der Waals surface area contributed by atoms with E-state index in [1.165, 1.54) is 0 Å². The largest absolute Gasteiger partial charge is 0.376 e. The van der Waals surface area contributed by atoms with E-state index in [0.717, 1.165) is 45.1 Å². The van der Waals surface area contributed by atoms with E-state index in [4.69, 9.17) is 9.47 Å². The Morgan fingerprint density at radius 2 is 1.86 bits per heavy atom. The summed E-state index contributed by atoms with van der Waals surface area (Å²) in [6.45, 7) is 2.64. The number of sulfonamides is 1. The molecule has 2 aliphatic rings. The van der Waals surface area contributed by atoms with Crippen LogP contribution in [0.5, 0.6) is 0 Å². The van der Waals surface area contributed by atoms with Gasteiger partial charge in [-0.3, -0.25) is 9.52 Å². The highest BCUT2D eigenvalue weighted by atomic mass is 32.2. The molecule has 1 heterocycles. The highest BCUT2D eigenvalue weighted by Crippen LogP contribution is 2.23. The Bertz CT molecular complexity index is 453. The van der Waals surface area contributed by atoms with Crippen LogP contribution in [0.3, 0.4) is 0 Å². The second-order valence-electron chi connectivity index (χ2n) is 6.24. The Morgan fingerprint density at radius 1 is 1.18 bits per heavy atom. The number of hydrogen-bond donors (Lipinski definition) is 1. The molecule has 0 radical (unpaired) electrons. The van der Waals surface area contributed by atoms with Crippen molar-refractivity contribution in [1.29, 1.82) is 0 Å². The molecule has 0 bridgehead atoms. The number of carbonyl (C=O) groups excluding carboxylic acids is 1. The van der Waals surface area contributed by atoms with Crippen LogP contribution in [0.2, 0.25) is 0 Å². The highest BCUT2D eigenvalue weighted by molar-refractivity contribution is 7.90. The number of nitrogens with one attached hydrogen (secondary N) is 1. The van der Waals surface area contributed by atoms with Crippen LogP contribution in [0.25, 0.3) is 0 Å². The van der Waals surface area contributed by atoms with Crippen molar-refractivity contribution < 1.29 is 22.7 Å². The number of carbonyl (C=O) groups is 1. The molecule has 7 heteroatoms. The second kappa shape index (κ2) is 8.26. The molecule has 0 unspecified atom stereocenters. The van der Waals surface area contributed by atoms with Crippen LogP contribution in [0, 0.1) is 0 Å². The zero-order chi connectivity index (χ0) is 16.0.